The van der Waals surface area contributed by atoms with E-state index in [9.17, 15) is 4.57 Å². The van der Waals surface area contributed by atoms with Gasteiger partial charge >= 0.3 is 8.10 Å². The Labute approximate surface area is 58.0 Å². The molecular weight excluding hydrogens is 147 g/mol. The lowest BCUT2D eigenvalue weighted by atomic mass is 10.3. The van der Waals surface area contributed by atoms with E-state index in [4.69, 9.17) is 0 Å². The van der Waals surface area contributed by atoms with Crippen LogP contribution in [-0.2, 0) is 4.57 Å². The maximum absolute atomic E-state index is 10.7. The lowest BCUT2D eigenvalue weighted by Gasteiger charge is -1.71. The van der Waals surface area contributed by atoms with Gasteiger partial charge in [0.1, 0.15) is 10.7 Å². The molecule has 0 unspecified atom stereocenters. The van der Waals surface area contributed by atoms with Crippen LogP contribution in [0.15, 0.2) is 33.8 Å². The molecule has 1 aromatic rings. The Kier molecular flexibility index (Phi) is 1.11. The molecule has 1 aromatic carbocycles. The quantitative estimate of drug-likeness (QED) is 0.500. The van der Waals surface area contributed by atoms with E-state index >= 15 is 0 Å². The number of rotatable bonds is 0. The van der Waals surface area contributed by atoms with Crippen molar-refractivity contribution in [1.29, 1.82) is 0 Å². The van der Waals surface area contributed by atoms with Crippen LogP contribution in [0.1, 0.15) is 0 Å². The van der Waals surface area contributed by atoms with E-state index in [1.54, 1.807) is 12.1 Å². The molecule has 0 radical (unpaired) electrons. The third-order valence-electron chi connectivity index (χ3n) is 1.27. The van der Waals surface area contributed by atoms with Crippen molar-refractivity contribution in [3.63, 3.8) is 0 Å². The zero-order valence-corrected chi connectivity index (χ0v) is 5.95. The smallest absolute Gasteiger partial charge is 0.0598 e. The highest BCUT2D eigenvalue weighted by Crippen LogP contribution is 2.22. The monoisotopic (exact) mass is 151 g/mol. The van der Waals surface area contributed by atoms with Gasteiger partial charge in [-0.3, -0.25) is 0 Å². The van der Waals surface area contributed by atoms with Gasteiger partial charge in [-0.25, -0.2) is 0 Å². The molecule has 0 aromatic heterocycles. The fraction of sp³-hybridized carbons (Fsp3) is 0. The number of benzene rings is 1. The first-order valence-corrected chi connectivity index (χ1v) is 4.02. The van der Waals surface area contributed by atoms with Gasteiger partial charge in [-0.15, -0.1) is 0 Å². The summed E-state index contributed by atoms with van der Waals surface area (Å²) in [6, 6.07) is 7.32. The predicted molar refractivity (Wildman–Crippen MR) is 36.4 cm³/mol. The Morgan fingerprint density at radius 2 is 1.60 bits per heavy atom. The van der Waals surface area contributed by atoms with E-state index in [0.717, 1.165) is 10.7 Å². The summed E-state index contributed by atoms with van der Waals surface area (Å²) >= 11 is 0. The first-order valence-electron chi connectivity index (χ1n) is 2.86. The highest BCUT2D eigenvalue weighted by atomic mass is 31.1. The molecule has 3 nitrogen and oxygen atoms in total. The van der Waals surface area contributed by atoms with Gasteiger partial charge in [0.05, 0.1) is 0 Å². The standard InChI is InChI=1S/C6H4N2OP/c9-10-7-5-3-1-2-4-6(5)8-10/h1-4H/q+1. The largest absolute Gasteiger partial charge is 0.643 e. The van der Waals surface area contributed by atoms with Gasteiger partial charge < -0.3 is 0 Å². The third kappa shape index (κ3) is 0.755. The minimum atomic E-state index is -1.69. The minimum Gasteiger partial charge on any atom is -0.0598 e. The predicted octanol–water partition coefficient (Wildman–Crippen LogP) is 0.597. The molecule has 0 N–H and O–H groups in total. The van der Waals surface area contributed by atoms with Crippen LogP contribution in [0.4, 0.5) is 0 Å². The van der Waals surface area contributed by atoms with Crippen molar-refractivity contribution in [3.8, 4) is 0 Å². The molecule has 0 saturated carbocycles. The fourth-order valence-corrected chi connectivity index (χ4v) is 1.59. The molecule has 0 bridgehead atoms. The van der Waals surface area contributed by atoms with Gasteiger partial charge in [0, 0.05) is 0 Å². The summed E-state index contributed by atoms with van der Waals surface area (Å²) in [7, 11) is -1.69. The summed E-state index contributed by atoms with van der Waals surface area (Å²) in [5.41, 5.74) is 0. The van der Waals surface area contributed by atoms with Crippen LogP contribution in [0.5, 0.6) is 0 Å². The second kappa shape index (κ2) is 1.96. The average molecular weight is 151 g/mol. The minimum absolute atomic E-state index is 0.739. The Hall–Kier alpha value is -1.08. The van der Waals surface area contributed by atoms with E-state index < -0.39 is 8.10 Å². The molecule has 0 aliphatic carbocycles. The molecule has 1 aliphatic rings. The molecular formula is C6H4N2OP+. The van der Waals surface area contributed by atoms with Crippen molar-refractivity contribution in [2.45, 2.75) is 0 Å². The van der Waals surface area contributed by atoms with Crippen molar-refractivity contribution in [2.24, 2.45) is 9.53 Å². The van der Waals surface area contributed by atoms with E-state index in [-0.39, 0.29) is 0 Å². The van der Waals surface area contributed by atoms with Gasteiger partial charge in [-0.05, 0) is 26.2 Å². The van der Waals surface area contributed by atoms with Gasteiger partial charge in [0.2, 0.25) is 0 Å². The van der Waals surface area contributed by atoms with E-state index in [1.165, 1.54) is 0 Å². The number of hydrogen-bond acceptors (Lipinski definition) is 1. The summed E-state index contributed by atoms with van der Waals surface area (Å²) in [5.74, 6) is 0. The van der Waals surface area contributed by atoms with Crippen molar-refractivity contribution < 1.29 is 4.57 Å². The van der Waals surface area contributed by atoms with E-state index in [2.05, 4.69) is 9.53 Å². The molecule has 1 aliphatic heterocycles. The van der Waals surface area contributed by atoms with Gasteiger partial charge in [-0.1, -0.05) is 12.1 Å². The number of fused-ring (bicyclic) bond motifs is 1. The zero-order chi connectivity index (χ0) is 6.97. The molecule has 48 valence electrons. The number of hydrogen-bond donors (Lipinski definition) is 0. The molecule has 0 fully saturated rings. The summed E-state index contributed by atoms with van der Waals surface area (Å²) in [6.45, 7) is 0. The molecule has 0 amide bonds. The summed E-state index contributed by atoms with van der Waals surface area (Å²) in [4.78, 5) is 0. The summed E-state index contributed by atoms with van der Waals surface area (Å²) < 4.78 is 18.3. The fourth-order valence-electron chi connectivity index (χ4n) is 0.840. The van der Waals surface area contributed by atoms with Crippen LogP contribution < -0.4 is 10.7 Å². The maximum Gasteiger partial charge on any atom is 0.643 e. The Balaban J connectivity index is 2.96. The third-order valence-corrected chi connectivity index (χ3v) is 2.04. The van der Waals surface area contributed by atoms with Crippen LogP contribution in [0.2, 0.25) is 0 Å². The van der Waals surface area contributed by atoms with Crippen LogP contribution >= 0.6 is 8.10 Å². The molecule has 4 heteroatoms. The molecule has 0 atom stereocenters. The summed E-state index contributed by atoms with van der Waals surface area (Å²) in [5, 5.41) is 1.48. The maximum atomic E-state index is 10.7. The van der Waals surface area contributed by atoms with Crippen molar-refractivity contribution in [2.75, 3.05) is 0 Å². The van der Waals surface area contributed by atoms with Crippen molar-refractivity contribution in [1.82, 2.24) is 0 Å². The Bertz CT molecular complexity index is 361. The topological polar surface area (TPSA) is 41.8 Å². The Morgan fingerprint density at radius 3 is 2.10 bits per heavy atom. The Morgan fingerprint density at radius 1 is 1.10 bits per heavy atom. The first kappa shape index (κ1) is 5.69. The van der Waals surface area contributed by atoms with Crippen LogP contribution in [0.25, 0.3) is 0 Å². The first-order chi connectivity index (χ1) is 4.86. The molecule has 0 saturated heterocycles. The van der Waals surface area contributed by atoms with Crippen molar-refractivity contribution in [3.05, 3.63) is 35.0 Å². The van der Waals surface area contributed by atoms with E-state index in [1.807, 2.05) is 12.1 Å². The lowest BCUT2D eigenvalue weighted by Crippen LogP contribution is -2.19. The molecule has 1 heterocycles. The van der Waals surface area contributed by atoms with Crippen LogP contribution in [-0.4, -0.2) is 0 Å². The highest BCUT2D eigenvalue weighted by Gasteiger charge is 2.17. The number of nitrogens with zero attached hydrogens (tertiary/aromatic N) is 2. The summed E-state index contributed by atoms with van der Waals surface area (Å²) in [6.07, 6.45) is 0. The van der Waals surface area contributed by atoms with Crippen LogP contribution in [0, 0.1) is 0 Å². The van der Waals surface area contributed by atoms with Crippen molar-refractivity contribution >= 4 is 8.10 Å². The highest BCUT2D eigenvalue weighted by molar-refractivity contribution is 7.41. The molecule has 2 rings (SSSR count). The van der Waals surface area contributed by atoms with Gasteiger partial charge in [-0.2, -0.15) is 0 Å². The second-order valence-electron chi connectivity index (χ2n) is 1.94. The zero-order valence-electron chi connectivity index (χ0n) is 5.06. The SMILES string of the molecule is O=[P+]1N=c2ccccc2=N1. The molecule has 10 heavy (non-hydrogen) atoms. The average Bonchev–Trinajstić information content (AvgIpc) is 2.27. The second-order valence-corrected chi connectivity index (χ2v) is 2.85. The normalized spacial score (nSPS) is 13.8. The molecule has 0 spiro atoms. The van der Waals surface area contributed by atoms with Gasteiger partial charge in [0.15, 0.2) is 0 Å². The van der Waals surface area contributed by atoms with E-state index in [0.29, 0.717) is 0 Å². The lowest BCUT2D eigenvalue weighted by molar-refractivity contribution is 0.589. The van der Waals surface area contributed by atoms with Gasteiger partial charge in [0.25, 0.3) is 0 Å². The van der Waals surface area contributed by atoms with Crippen LogP contribution in [0.3, 0.4) is 0 Å².